The molecule has 5 heteroatoms. The van der Waals surface area contributed by atoms with Gasteiger partial charge in [-0.15, -0.1) is 0 Å². The van der Waals surface area contributed by atoms with Crippen molar-refractivity contribution in [3.05, 3.63) is 229 Å². The number of hydrogen-bond acceptors (Lipinski definition) is 5. The van der Waals surface area contributed by atoms with Gasteiger partial charge in [0, 0.05) is 38.6 Å². The van der Waals surface area contributed by atoms with Gasteiger partial charge in [0.2, 0.25) is 0 Å². The van der Waals surface area contributed by atoms with Gasteiger partial charge in [-0.2, -0.15) is 0 Å². The molecule has 1 unspecified atom stereocenters. The zero-order valence-corrected chi connectivity index (χ0v) is 36.7. The normalized spacial score (nSPS) is 13.6. The summed E-state index contributed by atoms with van der Waals surface area (Å²) in [6.07, 6.45) is 5.27. The summed E-state index contributed by atoms with van der Waals surface area (Å²) < 4.78 is 13.0. The van der Waals surface area contributed by atoms with Crippen LogP contribution in [0, 0.1) is 0 Å². The van der Waals surface area contributed by atoms with Gasteiger partial charge in [0.25, 0.3) is 0 Å². The molecule has 3 heterocycles. The van der Waals surface area contributed by atoms with E-state index in [-0.39, 0.29) is 5.92 Å². The summed E-state index contributed by atoms with van der Waals surface area (Å²) in [4.78, 5) is 15.9. The number of hydrogen-bond donors (Lipinski definition) is 0. The molecule has 0 saturated carbocycles. The Morgan fingerprint density at radius 1 is 0.368 bits per heavy atom. The minimum atomic E-state index is -0.00895. The molecular formula is C63H39N3O2. The van der Waals surface area contributed by atoms with E-state index in [0.717, 1.165) is 106 Å². The molecule has 5 nitrogen and oxygen atoms in total. The third-order valence-electron chi connectivity index (χ3n) is 13.9. The van der Waals surface area contributed by atoms with E-state index in [1.165, 1.54) is 27.5 Å². The molecule has 13 aromatic rings. The largest absolute Gasteiger partial charge is 0.456 e. The van der Waals surface area contributed by atoms with Crippen LogP contribution in [0.4, 0.5) is 0 Å². The summed E-state index contributed by atoms with van der Waals surface area (Å²) in [6.45, 7) is 0. The van der Waals surface area contributed by atoms with E-state index in [9.17, 15) is 0 Å². The van der Waals surface area contributed by atoms with Crippen molar-refractivity contribution in [1.29, 1.82) is 0 Å². The van der Waals surface area contributed by atoms with Gasteiger partial charge >= 0.3 is 0 Å². The molecule has 68 heavy (non-hydrogen) atoms. The van der Waals surface area contributed by atoms with Crippen molar-refractivity contribution < 1.29 is 8.83 Å². The zero-order chi connectivity index (χ0) is 44.7. The summed E-state index contributed by atoms with van der Waals surface area (Å²) in [6, 6.07) is 72.7. The fourth-order valence-electron chi connectivity index (χ4n) is 10.6. The van der Waals surface area contributed by atoms with Gasteiger partial charge in [0.1, 0.15) is 28.2 Å². The fraction of sp³-hybridized carbons (Fsp3) is 0.0317. The first-order chi connectivity index (χ1) is 33.7. The molecule has 10 aromatic carbocycles. The standard InChI is InChI=1S/C63H39N3O2/c1-2-14-42-36-44(31-26-38(42)12-1)62-64-61(41-29-27-40(28-30-41)46-20-9-15-39-13-3-4-16-45(39)46)65-63(66-62)52-35-34-50(48-17-5-6-18-49(48)52)51-22-11-25-57-60(51)54-33-32-43(37-58(54)68-57)47-21-10-24-56-59(47)53-19-7-8-23-55(53)67-56/h1-35,37,44H,36H2. The summed E-state index contributed by atoms with van der Waals surface area (Å²) >= 11 is 0. The third-order valence-corrected chi connectivity index (χ3v) is 13.9. The smallest absolute Gasteiger partial charge is 0.164 e. The van der Waals surface area contributed by atoms with E-state index in [1.54, 1.807) is 0 Å². The van der Waals surface area contributed by atoms with Crippen LogP contribution in [-0.2, 0) is 6.42 Å². The van der Waals surface area contributed by atoms with Gasteiger partial charge in [0.15, 0.2) is 11.6 Å². The second-order valence-electron chi connectivity index (χ2n) is 17.8. The average Bonchev–Trinajstić information content (AvgIpc) is 3.99. The van der Waals surface area contributed by atoms with E-state index >= 15 is 0 Å². The second-order valence-corrected chi connectivity index (χ2v) is 17.8. The lowest BCUT2D eigenvalue weighted by molar-refractivity contribution is 0.668. The molecule has 1 aliphatic rings. The molecular weight excluding hydrogens is 831 g/mol. The molecule has 1 atom stereocenters. The number of rotatable bonds is 6. The Labute approximate surface area is 391 Å². The highest BCUT2D eigenvalue weighted by molar-refractivity contribution is 6.18. The second kappa shape index (κ2) is 15.3. The summed E-state index contributed by atoms with van der Waals surface area (Å²) in [5.41, 5.74) is 14.6. The molecule has 1 aliphatic carbocycles. The number of benzene rings is 10. The molecule has 3 aromatic heterocycles. The molecule has 0 aliphatic heterocycles. The van der Waals surface area contributed by atoms with Gasteiger partial charge in [-0.05, 0) is 109 Å². The third kappa shape index (κ3) is 6.20. The summed E-state index contributed by atoms with van der Waals surface area (Å²) in [7, 11) is 0. The molecule has 0 spiro atoms. The number of nitrogens with zero attached hydrogens (tertiary/aromatic N) is 3. The van der Waals surface area contributed by atoms with Crippen LogP contribution in [0.3, 0.4) is 0 Å². The molecule has 0 amide bonds. The summed E-state index contributed by atoms with van der Waals surface area (Å²) in [5, 5.41) is 8.99. The predicted octanol–water partition coefficient (Wildman–Crippen LogP) is 16.7. The zero-order valence-electron chi connectivity index (χ0n) is 36.7. The number of fused-ring (bicyclic) bond motifs is 9. The van der Waals surface area contributed by atoms with Crippen molar-refractivity contribution in [2.24, 2.45) is 0 Å². The van der Waals surface area contributed by atoms with Crippen molar-refractivity contribution in [2.45, 2.75) is 12.3 Å². The quantitative estimate of drug-likeness (QED) is 0.167. The first kappa shape index (κ1) is 38.3. The Balaban J connectivity index is 0.893. The lowest BCUT2D eigenvalue weighted by atomic mass is 9.89. The lowest BCUT2D eigenvalue weighted by Gasteiger charge is -2.20. The van der Waals surface area contributed by atoms with E-state index in [1.807, 2.05) is 18.2 Å². The first-order valence-electron chi connectivity index (χ1n) is 23.2. The SMILES string of the molecule is C1=CC(c2nc(-c3ccc(-c4cccc5ccccc45)cc3)nc(-c3ccc(-c4cccc5oc6cc(-c7cccc8oc9ccccc9c78)ccc6c45)c4ccccc34)n2)Cc2ccccc21. The topological polar surface area (TPSA) is 65.0 Å². The van der Waals surface area contributed by atoms with Gasteiger partial charge in [-0.3, -0.25) is 0 Å². The molecule has 0 saturated heterocycles. The van der Waals surface area contributed by atoms with E-state index in [0.29, 0.717) is 11.6 Å². The van der Waals surface area contributed by atoms with Crippen LogP contribution in [0.15, 0.2) is 221 Å². The summed E-state index contributed by atoms with van der Waals surface area (Å²) in [5.74, 6) is 2.05. The molecule has 0 radical (unpaired) electrons. The fourth-order valence-corrected chi connectivity index (χ4v) is 10.6. The molecule has 0 bridgehead atoms. The van der Waals surface area contributed by atoms with Crippen molar-refractivity contribution in [1.82, 2.24) is 15.0 Å². The van der Waals surface area contributed by atoms with Gasteiger partial charge in [-0.1, -0.05) is 182 Å². The maximum atomic E-state index is 6.71. The minimum Gasteiger partial charge on any atom is -0.456 e. The average molecular weight is 870 g/mol. The number of allylic oxidation sites excluding steroid dienone is 1. The number of aromatic nitrogens is 3. The van der Waals surface area contributed by atoms with Crippen LogP contribution < -0.4 is 0 Å². The highest BCUT2D eigenvalue weighted by Crippen LogP contribution is 2.44. The first-order valence-corrected chi connectivity index (χ1v) is 23.2. The van der Waals surface area contributed by atoms with Crippen LogP contribution in [-0.4, -0.2) is 15.0 Å². The Kier molecular flexibility index (Phi) is 8.65. The van der Waals surface area contributed by atoms with Crippen molar-refractivity contribution >= 4 is 71.5 Å². The lowest BCUT2D eigenvalue weighted by Crippen LogP contribution is -2.12. The minimum absolute atomic E-state index is 0.00895. The van der Waals surface area contributed by atoms with Crippen LogP contribution in [0.1, 0.15) is 22.9 Å². The molecule has 0 fully saturated rings. The van der Waals surface area contributed by atoms with Crippen molar-refractivity contribution in [3.8, 4) is 56.2 Å². The number of furan rings is 2. The molecule has 0 N–H and O–H groups in total. The highest BCUT2D eigenvalue weighted by Gasteiger charge is 2.23. The molecule has 318 valence electrons. The van der Waals surface area contributed by atoms with Crippen molar-refractivity contribution in [3.63, 3.8) is 0 Å². The van der Waals surface area contributed by atoms with Gasteiger partial charge in [0.05, 0.1) is 0 Å². The van der Waals surface area contributed by atoms with Crippen LogP contribution in [0.25, 0.3) is 128 Å². The van der Waals surface area contributed by atoms with E-state index in [4.69, 9.17) is 23.8 Å². The van der Waals surface area contributed by atoms with Crippen LogP contribution in [0.2, 0.25) is 0 Å². The maximum absolute atomic E-state index is 6.71. The van der Waals surface area contributed by atoms with Gasteiger partial charge in [-0.25, -0.2) is 15.0 Å². The highest BCUT2D eigenvalue weighted by atomic mass is 16.3. The predicted molar refractivity (Wildman–Crippen MR) is 278 cm³/mol. The van der Waals surface area contributed by atoms with Crippen LogP contribution >= 0.6 is 0 Å². The Bertz CT molecular complexity index is 4190. The Morgan fingerprint density at radius 3 is 1.82 bits per heavy atom. The maximum Gasteiger partial charge on any atom is 0.164 e. The Morgan fingerprint density at radius 2 is 0.956 bits per heavy atom. The van der Waals surface area contributed by atoms with E-state index in [2.05, 4.69) is 200 Å². The van der Waals surface area contributed by atoms with E-state index < -0.39 is 0 Å². The monoisotopic (exact) mass is 869 g/mol. The van der Waals surface area contributed by atoms with Crippen LogP contribution in [0.5, 0.6) is 0 Å². The number of para-hydroxylation sites is 1. The van der Waals surface area contributed by atoms with Gasteiger partial charge < -0.3 is 8.83 Å². The van der Waals surface area contributed by atoms with Crippen molar-refractivity contribution in [2.75, 3.05) is 0 Å². The molecule has 14 rings (SSSR count). The Hall–Kier alpha value is -8.93.